The summed E-state index contributed by atoms with van der Waals surface area (Å²) in [5.41, 5.74) is 0.795. The molecule has 4 heteroatoms. The molecule has 0 spiro atoms. The van der Waals surface area contributed by atoms with Crippen molar-refractivity contribution in [3.05, 3.63) is 53.8 Å². The van der Waals surface area contributed by atoms with E-state index in [4.69, 9.17) is 0 Å². The zero-order valence-electron chi connectivity index (χ0n) is 7.50. The predicted molar refractivity (Wildman–Crippen MR) is 50.6 cm³/mol. The Labute approximate surface area is 81.2 Å². The Hall–Kier alpha value is -1.97. The third kappa shape index (κ3) is 1.69. The Morgan fingerprint density at radius 3 is 2.79 bits per heavy atom. The Balaban J connectivity index is 2.23. The van der Waals surface area contributed by atoms with Crippen molar-refractivity contribution < 1.29 is 9.84 Å². The van der Waals surface area contributed by atoms with Crippen molar-refractivity contribution in [1.82, 2.24) is 4.57 Å². The van der Waals surface area contributed by atoms with Crippen molar-refractivity contribution in [1.29, 1.82) is 0 Å². The average molecular weight is 190 g/mol. The van der Waals surface area contributed by atoms with Crippen LogP contribution in [0.25, 0.3) is 0 Å². The van der Waals surface area contributed by atoms with Gasteiger partial charge in [-0.1, -0.05) is 18.2 Å². The van der Waals surface area contributed by atoms with E-state index >= 15 is 0 Å². The van der Waals surface area contributed by atoms with Crippen LogP contribution in [-0.4, -0.2) is 9.67 Å². The molecule has 0 saturated heterocycles. The van der Waals surface area contributed by atoms with Gasteiger partial charge in [0.1, 0.15) is 24.7 Å². The number of para-hydroxylation sites is 1. The number of imidazole rings is 1. The van der Waals surface area contributed by atoms with Crippen LogP contribution in [0.2, 0.25) is 0 Å². The van der Waals surface area contributed by atoms with E-state index in [1.807, 2.05) is 12.1 Å². The van der Waals surface area contributed by atoms with Crippen LogP contribution in [-0.2, 0) is 6.54 Å². The first-order valence-corrected chi connectivity index (χ1v) is 4.27. The van der Waals surface area contributed by atoms with Crippen molar-refractivity contribution in [2.24, 2.45) is 0 Å². The average Bonchev–Trinajstić information content (AvgIpc) is 2.56. The summed E-state index contributed by atoms with van der Waals surface area (Å²) in [5.74, 6) is 0.249. The maximum absolute atomic E-state index is 10.8. The Morgan fingerprint density at radius 1 is 1.36 bits per heavy atom. The van der Waals surface area contributed by atoms with E-state index < -0.39 is 0 Å². The lowest BCUT2D eigenvalue weighted by molar-refractivity contribution is -0.604. The van der Waals surface area contributed by atoms with Gasteiger partial charge < -0.3 is 10.3 Å². The van der Waals surface area contributed by atoms with Crippen molar-refractivity contribution in [3.8, 4) is 5.75 Å². The summed E-state index contributed by atoms with van der Waals surface area (Å²) in [4.78, 5) is 0. The molecule has 4 nitrogen and oxygen atoms in total. The van der Waals surface area contributed by atoms with E-state index in [1.165, 1.54) is 12.5 Å². The van der Waals surface area contributed by atoms with E-state index in [1.54, 1.807) is 22.9 Å². The zero-order valence-corrected chi connectivity index (χ0v) is 7.50. The third-order valence-corrected chi connectivity index (χ3v) is 2.01. The number of phenols is 1. The second kappa shape index (κ2) is 3.41. The lowest BCUT2D eigenvalue weighted by Crippen LogP contribution is -2.21. The van der Waals surface area contributed by atoms with Gasteiger partial charge in [-0.15, -0.1) is 0 Å². The molecule has 0 saturated carbocycles. The monoisotopic (exact) mass is 190 g/mol. The molecule has 0 aliphatic heterocycles. The van der Waals surface area contributed by atoms with E-state index in [9.17, 15) is 10.3 Å². The fraction of sp³-hybridized carbons (Fsp3) is 0.100. The molecule has 1 heterocycles. The molecule has 14 heavy (non-hydrogen) atoms. The highest BCUT2D eigenvalue weighted by Crippen LogP contribution is 2.16. The summed E-state index contributed by atoms with van der Waals surface area (Å²) in [6, 6.07) is 7.07. The first-order chi connectivity index (χ1) is 6.75. The first kappa shape index (κ1) is 8.62. The van der Waals surface area contributed by atoms with Crippen LogP contribution in [0, 0.1) is 5.21 Å². The summed E-state index contributed by atoms with van der Waals surface area (Å²) in [7, 11) is 0. The minimum absolute atomic E-state index is 0.249. The van der Waals surface area contributed by atoms with E-state index in [0.29, 0.717) is 6.54 Å². The summed E-state index contributed by atoms with van der Waals surface area (Å²) >= 11 is 0. The molecular weight excluding hydrogens is 180 g/mol. The molecule has 0 unspecified atom stereocenters. The Kier molecular flexibility index (Phi) is 2.10. The summed E-state index contributed by atoms with van der Waals surface area (Å²) < 4.78 is 2.43. The molecule has 0 fully saturated rings. The summed E-state index contributed by atoms with van der Waals surface area (Å²) in [5, 5.41) is 20.3. The third-order valence-electron chi connectivity index (χ3n) is 2.01. The quantitative estimate of drug-likeness (QED) is 0.564. The second-order valence-electron chi connectivity index (χ2n) is 3.07. The molecule has 2 aromatic rings. The molecule has 0 aliphatic rings. The van der Waals surface area contributed by atoms with Crippen LogP contribution in [0.3, 0.4) is 0 Å². The highest BCUT2D eigenvalue weighted by molar-refractivity contribution is 5.31. The van der Waals surface area contributed by atoms with Crippen LogP contribution in [0.1, 0.15) is 5.56 Å². The van der Waals surface area contributed by atoms with Gasteiger partial charge in [-0.05, 0) is 6.07 Å². The van der Waals surface area contributed by atoms with E-state index in [2.05, 4.69) is 0 Å². The largest absolute Gasteiger partial charge is 0.711 e. The molecule has 1 N–H and O–H groups in total. The van der Waals surface area contributed by atoms with Gasteiger partial charge in [0, 0.05) is 5.56 Å². The van der Waals surface area contributed by atoms with Crippen molar-refractivity contribution in [2.45, 2.75) is 6.54 Å². The molecule has 0 bridgehead atoms. The smallest absolute Gasteiger partial charge is 0.247 e. The molecule has 72 valence electrons. The Bertz CT molecular complexity index is 437. The number of benzene rings is 1. The molecule has 0 amide bonds. The summed E-state index contributed by atoms with van der Waals surface area (Å²) in [6.45, 7) is 0.502. The van der Waals surface area contributed by atoms with Gasteiger partial charge in [0.2, 0.25) is 6.33 Å². The van der Waals surface area contributed by atoms with Crippen LogP contribution in [0.5, 0.6) is 5.75 Å². The number of phenolic OH excluding ortho intramolecular Hbond substituents is 1. The van der Waals surface area contributed by atoms with Gasteiger partial charge in [-0.25, -0.2) is 9.30 Å². The molecule has 2 rings (SSSR count). The van der Waals surface area contributed by atoms with Gasteiger partial charge in [-0.2, -0.15) is 0 Å². The topological polar surface area (TPSA) is 52.1 Å². The first-order valence-electron chi connectivity index (χ1n) is 4.27. The fourth-order valence-electron chi connectivity index (χ4n) is 1.31. The van der Waals surface area contributed by atoms with Crippen LogP contribution in [0.4, 0.5) is 0 Å². The van der Waals surface area contributed by atoms with Crippen molar-refractivity contribution in [2.75, 3.05) is 0 Å². The minimum atomic E-state index is 0.249. The van der Waals surface area contributed by atoms with Crippen molar-refractivity contribution in [3.63, 3.8) is 0 Å². The zero-order chi connectivity index (χ0) is 9.97. The van der Waals surface area contributed by atoms with Crippen molar-refractivity contribution >= 4 is 0 Å². The molecule has 0 atom stereocenters. The number of hydrogen-bond acceptors (Lipinski definition) is 2. The van der Waals surface area contributed by atoms with Crippen LogP contribution < -0.4 is 4.73 Å². The van der Waals surface area contributed by atoms with Crippen LogP contribution in [0.15, 0.2) is 43.0 Å². The lowest BCUT2D eigenvalue weighted by Gasteiger charge is -2.00. The van der Waals surface area contributed by atoms with Crippen LogP contribution >= 0.6 is 0 Å². The normalized spacial score (nSPS) is 10.3. The highest BCUT2D eigenvalue weighted by atomic mass is 16.5. The van der Waals surface area contributed by atoms with Gasteiger partial charge in [0.25, 0.3) is 0 Å². The Morgan fingerprint density at radius 2 is 2.14 bits per heavy atom. The predicted octanol–water partition coefficient (Wildman–Crippen LogP) is 0.875. The number of rotatable bonds is 2. The molecule has 1 aromatic heterocycles. The second-order valence-corrected chi connectivity index (χ2v) is 3.07. The molecular formula is C10H10N2O2. The van der Waals surface area contributed by atoms with E-state index in [0.717, 1.165) is 10.3 Å². The minimum Gasteiger partial charge on any atom is -0.711 e. The SMILES string of the molecule is [O-][n+]1ccn(Cc2ccccc2O)c1. The number of aromatic hydroxyl groups is 1. The fourth-order valence-corrected chi connectivity index (χ4v) is 1.31. The van der Waals surface area contributed by atoms with Gasteiger partial charge in [0.05, 0.1) is 0 Å². The maximum atomic E-state index is 10.8. The van der Waals surface area contributed by atoms with Gasteiger partial charge in [-0.3, -0.25) is 0 Å². The standard InChI is InChI=1S/C10H10N2O2/c13-10-4-2-1-3-9(10)7-11-5-6-12(14)8-11/h1-6,8,13H,7H2. The lowest BCUT2D eigenvalue weighted by atomic mass is 10.2. The van der Waals surface area contributed by atoms with E-state index in [-0.39, 0.29) is 5.75 Å². The van der Waals surface area contributed by atoms with Gasteiger partial charge in [0.15, 0.2) is 0 Å². The summed E-state index contributed by atoms with van der Waals surface area (Å²) in [6.07, 6.45) is 4.51. The number of aromatic nitrogens is 2. The highest BCUT2D eigenvalue weighted by Gasteiger charge is 2.04. The molecule has 1 aromatic carbocycles. The molecule has 0 radical (unpaired) electrons. The maximum Gasteiger partial charge on any atom is 0.247 e. The number of hydrogen-bond donors (Lipinski definition) is 1. The molecule has 0 aliphatic carbocycles. The van der Waals surface area contributed by atoms with Gasteiger partial charge >= 0.3 is 0 Å². The number of nitrogens with zero attached hydrogens (tertiary/aromatic N) is 2.